The van der Waals surface area contributed by atoms with Crippen LogP contribution in [0.1, 0.15) is 24.2 Å². The van der Waals surface area contributed by atoms with Crippen LogP contribution in [0.3, 0.4) is 0 Å². The van der Waals surface area contributed by atoms with Crippen molar-refractivity contribution >= 4 is 5.97 Å². The Bertz CT molecular complexity index is 632. The second kappa shape index (κ2) is 5.65. The third kappa shape index (κ3) is 3.09. The number of carbonyl (C=O) groups is 1. The van der Waals surface area contributed by atoms with Gasteiger partial charge in [-0.2, -0.15) is 0 Å². The van der Waals surface area contributed by atoms with Crippen LogP contribution in [0.4, 0.5) is 0 Å². The molecule has 104 valence electrons. The van der Waals surface area contributed by atoms with Gasteiger partial charge in [-0.15, -0.1) is 0 Å². The number of phenols is 1. The first-order valence-corrected chi connectivity index (χ1v) is 6.31. The van der Waals surface area contributed by atoms with Gasteiger partial charge in [0.05, 0.1) is 6.10 Å². The monoisotopic (exact) mass is 272 g/mol. The van der Waals surface area contributed by atoms with Crippen LogP contribution in [0.25, 0.3) is 11.1 Å². The molecule has 0 unspecified atom stereocenters. The van der Waals surface area contributed by atoms with E-state index in [0.29, 0.717) is 5.75 Å². The number of carboxylic acids is 1. The first-order valence-electron chi connectivity index (χ1n) is 6.31. The number of hydrogen-bond donors (Lipinski definition) is 2. The lowest BCUT2D eigenvalue weighted by atomic mass is 10.0. The van der Waals surface area contributed by atoms with Gasteiger partial charge < -0.3 is 14.9 Å². The van der Waals surface area contributed by atoms with Crippen LogP contribution in [0.2, 0.25) is 0 Å². The molecule has 0 fully saturated rings. The molecular weight excluding hydrogens is 256 g/mol. The Balaban J connectivity index is 2.47. The zero-order chi connectivity index (χ0) is 14.7. The molecule has 2 aromatic carbocycles. The van der Waals surface area contributed by atoms with Crippen molar-refractivity contribution in [2.45, 2.75) is 20.0 Å². The van der Waals surface area contributed by atoms with Crippen LogP contribution in [0, 0.1) is 0 Å². The summed E-state index contributed by atoms with van der Waals surface area (Å²) in [6.07, 6.45) is -0.0975. The van der Waals surface area contributed by atoms with E-state index in [4.69, 9.17) is 4.74 Å². The Morgan fingerprint density at radius 3 is 2.40 bits per heavy atom. The number of ether oxygens (including phenoxy) is 1. The van der Waals surface area contributed by atoms with E-state index in [1.54, 1.807) is 36.4 Å². The fourth-order valence-electron chi connectivity index (χ4n) is 1.92. The predicted octanol–water partition coefficient (Wildman–Crippen LogP) is 3.54. The summed E-state index contributed by atoms with van der Waals surface area (Å²) in [4.78, 5) is 11.3. The third-order valence-electron chi connectivity index (χ3n) is 2.75. The van der Waals surface area contributed by atoms with Gasteiger partial charge in [0.25, 0.3) is 0 Å². The van der Waals surface area contributed by atoms with Gasteiger partial charge in [0.15, 0.2) is 0 Å². The van der Waals surface area contributed by atoms with Crippen molar-refractivity contribution in [1.82, 2.24) is 0 Å². The van der Waals surface area contributed by atoms with E-state index >= 15 is 0 Å². The summed E-state index contributed by atoms with van der Waals surface area (Å²) in [6, 6.07) is 11.6. The maximum atomic E-state index is 11.3. The number of aromatic hydroxyl groups is 1. The average molecular weight is 272 g/mol. The van der Waals surface area contributed by atoms with Crippen molar-refractivity contribution in [1.29, 1.82) is 0 Å². The first kappa shape index (κ1) is 13.9. The van der Waals surface area contributed by atoms with E-state index in [0.717, 1.165) is 11.1 Å². The van der Waals surface area contributed by atoms with E-state index in [-0.39, 0.29) is 17.4 Å². The van der Waals surface area contributed by atoms with Gasteiger partial charge >= 0.3 is 5.97 Å². The van der Waals surface area contributed by atoms with Crippen molar-refractivity contribution in [2.24, 2.45) is 0 Å². The Kier molecular flexibility index (Phi) is 3.94. The van der Waals surface area contributed by atoms with Gasteiger partial charge in [-0.05, 0) is 49.2 Å². The van der Waals surface area contributed by atoms with Crippen molar-refractivity contribution in [3.8, 4) is 22.6 Å². The Morgan fingerprint density at radius 1 is 1.10 bits per heavy atom. The van der Waals surface area contributed by atoms with Gasteiger partial charge in [-0.1, -0.05) is 18.2 Å². The molecule has 2 rings (SSSR count). The summed E-state index contributed by atoms with van der Waals surface area (Å²) >= 11 is 0. The Labute approximate surface area is 117 Å². The molecule has 4 nitrogen and oxygen atoms in total. The lowest BCUT2D eigenvalue weighted by Crippen LogP contribution is -2.09. The molecule has 0 saturated carbocycles. The van der Waals surface area contributed by atoms with E-state index in [1.807, 2.05) is 19.9 Å². The fraction of sp³-hybridized carbons (Fsp3) is 0.188. The second-order valence-corrected chi connectivity index (χ2v) is 4.73. The molecule has 0 radical (unpaired) electrons. The minimum atomic E-state index is -1.04. The normalized spacial score (nSPS) is 10.6. The van der Waals surface area contributed by atoms with E-state index in [1.165, 1.54) is 0 Å². The molecule has 4 heteroatoms. The van der Waals surface area contributed by atoms with Crippen molar-refractivity contribution in [2.75, 3.05) is 0 Å². The Morgan fingerprint density at radius 2 is 1.80 bits per heavy atom. The first-order chi connectivity index (χ1) is 9.47. The molecule has 0 aliphatic carbocycles. The zero-order valence-electron chi connectivity index (χ0n) is 11.3. The van der Waals surface area contributed by atoms with E-state index in [2.05, 4.69) is 0 Å². The maximum absolute atomic E-state index is 11.3. The SMILES string of the molecule is CC(C)Oc1ccc(-c2cccc(O)c2)cc1C(=O)O. The maximum Gasteiger partial charge on any atom is 0.339 e. The molecule has 0 atom stereocenters. The Hall–Kier alpha value is -2.49. The smallest absolute Gasteiger partial charge is 0.339 e. The van der Waals surface area contributed by atoms with Crippen LogP contribution in [0.5, 0.6) is 11.5 Å². The fourth-order valence-corrected chi connectivity index (χ4v) is 1.92. The number of phenolic OH excluding ortho intramolecular Hbond substituents is 1. The minimum Gasteiger partial charge on any atom is -0.508 e. The molecule has 0 aliphatic heterocycles. The topological polar surface area (TPSA) is 66.8 Å². The van der Waals surface area contributed by atoms with Gasteiger partial charge in [0.1, 0.15) is 17.1 Å². The van der Waals surface area contributed by atoms with Crippen molar-refractivity contribution in [3.05, 3.63) is 48.0 Å². The quantitative estimate of drug-likeness (QED) is 0.893. The highest BCUT2D eigenvalue weighted by Gasteiger charge is 2.14. The highest BCUT2D eigenvalue weighted by molar-refractivity contribution is 5.92. The molecular formula is C16H16O4. The summed E-state index contributed by atoms with van der Waals surface area (Å²) in [5.74, 6) is -0.555. The zero-order valence-corrected chi connectivity index (χ0v) is 11.3. The van der Waals surface area contributed by atoms with Crippen LogP contribution >= 0.6 is 0 Å². The van der Waals surface area contributed by atoms with Crippen LogP contribution in [-0.2, 0) is 0 Å². The molecule has 0 bridgehead atoms. The standard InChI is InChI=1S/C16H16O4/c1-10(2)20-15-7-6-12(9-14(15)16(18)19)11-4-3-5-13(17)8-11/h3-10,17H,1-2H3,(H,18,19). The van der Waals surface area contributed by atoms with Crippen molar-refractivity contribution < 1.29 is 19.7 Å². The van der Waals surface area contributed by atoms with Gasteiger partial charge in [0.2, 0.25) is 0 Å². The van der Waals surface area contributed by atoms with E-state index < -0.39 is 5.97 Å². The van der Waals surface area contributed by atoms with Crippen LogP contribution in [0.15, 0.2) is 42.5 Å². The number of carboxylic acid groups (broad SMARTS) is 1. The summed E-state index contributed by atoms with van der Waals surface area (Å²) in [6.45, 7) is 3.68. The number of benzene rings is 2. The van der Waals surface area contributed by atoms with Crippen LogP contribution in [-0.4, -0.2) is 22.3 Å². The summed E-state index contributed by atoms with van der Waals surface area (Å²) < 4.78 is 5.49. The van der Waals surface area contributed by atoms with Gasteiger partial charge in [-0.25, -0.2) is 4.79 Å². The molecule has 0 spiro atoms. The highest BCUT2D eigenvalue weighted by atomic mass is 16.5. The molecule has 0 amide bonds. The largest absolute Gasteiger partial charge is 0.508 e. The average Bonchev–Trinajstić information content (AvgIpc) is 2.38. The number of aromatic carboxylic acids is 1. The molecule has 0 saturated heterocycles. The lowest BCUT2D eigenvalue weighted by Gasteiger charge is -2.13. The second-order valence-electron chi connectivity index (χ2n) is 4.73. The molecule has 2 aromatic rings. The molecule has 0 aliphatic rings. The van der Waals surface area contributed by atoms with Crippen LogP contribution < -0.4 is 4.74 Å². The summed E-state index contributed by atoms with van der Waals surface area (Å²) in [7, 11) is 0. The molecule has 0 heterocycles. The van der Waals surface area contributed by atoms with Gasteiger partial charge in [0, 0.05) is 0 Å². The predicted molar refractivity (Wildman–Crippen MR) is 76.3 cm³/mol. The molecule has 2 N–H and O–H groups in total. The number of rotatable bonds is 4. The van der Waals surface area contributed by atoms with Crippen molar-refractivity contribution in [3.63, 3.8) is 0 Å². The summed E-state index contributed by atoms with van der Waals surface area (Å²) in [5, 5.41) is 18.8. The lowest BCUT2D eigenvalue weighted by molar-refractivity contribution is 0.0690. The van der Waals surface area contributed by atoms with E-state index in [9.17, 15) is 15.0 Å². The highest BCUT2D eigenvalue weighted by Crippen LogP contribution is 2.29. The molecule has 0 aromatic heterocycles. The van der Waals surface area contributed by atoms with Gasteiger partial charge in [-0.3, -0.25) is 0 Å². The minimum absolute atomic E-state index is 0.0975. The number of hydrogen-bond acceptors (Lipinski definition) is 3. The third-order valence-corrected chi connectivity index (χ3v) is 2.75. The molecule has 20 heavy (non-hydrogen) atoms. The summed E-state index contributed by atoms with van der Waals surface area (Å²) in [5.41, 5.74) is 1.58.